The topological polar surface area (TPSA) is 3.24 Å². The van der Waals surface area contributed by atoms with Gasteiger partial charge < -0.3 is 4.90 Å². The maximum Gasteiger partial charge on any atom is 0.123 e. The largest absolute Gasteiger partial charge is 0.369 e. The van der Waals surface area contributed by atoms with Gasteiger partial charge in [-0.05, 0) is 43.5 Å². The minimum absolute atomic E-state index is 0.153. The monoisotopic (exact) mass is 271 g/mol. The molecular weight excluding hydrogens is 257 g/mol. The van der Waals surface area contributed by atoms with E-state index in [4.69, 9.17) is 0 Å². The first-order valence-corrected chi connectivity index (χ1v) is 6.45. The lowest BCUT2D eigenvalue weighted by molar-refractivity contribution is 0.625. The SMILES string of the molecule is CC1CCCN1c1ccc(F)cc1CBr. The van der Waals surface area contributed by atoms with Crippen molar-refractivity contribution in [1.29, 1.82) is 0 Å². The number of alkyl halides is 1. The summed E-state index contributed by atoms with van der Waals surface area (Å²) in [5.41, 5.74) is 2.22. The lowest BCUT2D eigenvalue weighted by atomic mass is 10.1. The van der Waals surface area contributed by atoms with Crippen LogP contribution in [0.25, 0.3) is 0 Å². The summed E-state index contributed by atoms with van der Waals surface area (Å²) in [5.74, 6) is -0.153. The van der Waals surface area contributed by atoms with E-state index in [2.05, 4.69) is 27.8 Å². The van der Waals surface area contributed by atoms with Gasteiger partial charge in [0.1, 0.15) is 5.82 Å². The minimum atomic E-state index is -0.153. The van der Waals surface area contributed by atoms with E-state index < -0.39 is 0 Å². The molecule has 0 bridgehead atoms. The van der Waals surface area contributed by atoms with Crippen LogP contribution >= 0.6 is 15.9 Å². The molecule has 1 saturated heterocycles. The van der Waals surface area contributed by atoms with Crippen molar-refractivity contribution in [2.45, 2.75) is 31.1 Å². The Kier molecular flexibility index (Phi) is 3.29. The molecule has 1 aliphatic heterocycles. The van der Waals surface area contributed by atoms with Gasteiger partial charge in [-0.1, -0.05) is 15.9 Å². The second-order valence-electron chi connectivity index (χ2n) is 4.09. The van der Waals surface area contributed by atoms with E-state index in [9.17, 15) is 4.39 Å². The molecule has 0 spiro atoms. The van der Waals surface area contributed by atoms with Crippen molar-refractivity contribution in [2.75, 3.05) is 11.4 Å². The standard InChI is InChI=1S/C12H15BrFN/c1-9-3-2-6-15(9)12-5-4-11(14)7-10(12)8-13/h4-5,7,9H,2-3,6,8H2,1H3. The predicted molar refractivity (Wildman–Crippen MR) is 65.1 cm³/mol. The lowest BCUT2D eigenvalue weighted by Crippen LogP contribution is -2.27. The fraction of sp³-hybridized carbons (Fsp3) is 0.500. The Morgan fingerprint density at radius 2 is 2.33 bits per heavy atom. The quantitative estimate of drug-likeness (QED) is 0.742. The van der Waals surface area contributed by atoms with Gasteiger partial charge in [-0.15, -0.1) is 0 Å². The summed E-state index contributed by atoms with van der Waals surface area (Å²) in [6.07, 6.45) is 2.47. The Bertz CT molecular complexity index is 353. The number of benzene rings is 1. The van der Waals surface area contributed by atoms with Crippen molar-refractivity contribution in [3.05, 3.63) is 29.6 Å². The second-order valence-corrected chi connectivity index (χ2v) is 4.65. The fourth-order valence-electron chi connectivity index (χ4n) is 2.23. The molecule has 1 aromatic carbocycles. The summed E-state index contributed by atoms with van der Waals surface area (Å²) in [7, 11) is 0. The van der Waals surface area contributed by atoms with Crippen molar-refractivity contribution in [3.8, 4) is 0 Å². The van der Waals surface area contributed by atoms with Gasteiger partial charge in [0.05, 0.1) is 0 Å². The van der Waals surface area contributed by atoms with Gasteiger partial charge >= 0.3 is 0 Å². The molecule has 2 rings (SSSR count). The molecule has 0 amide bonds. The van der Waals surface area contributed by atoms with Crippen LogP contribution in [0.15, 0.2) is 18.2 Å². The third kappa shape index (κ3) is 2.17. The Hall–Kier alpha value is -0.570. The number of hydrogen-bond acceptors (Lipinski definition) is 1. The van der Waals surface area contributed by atoms with Gasteiger partial charge in [0, 0.05) is 23.6 Å². The van der Waals surface area contributed by atoms with Crippen molar-refractivity contribution >= 4 is 21.6 Å². The van der Waals surface area contributed by atoms with Crippen molar-refractivity contribution in [2.24, 2.45) is 0 Å². The van der Waals surface area contributed by atoms with E-state index in [-0.39, 0.29) is 5.82 Å². The summed E-state index contributed by atoms with van der Waals surface area (Å²) in [5, 5.41) is 0.712. The molecule has 1 unspecified atom stereocenters. The predicted octanol–water partition coefficient (Wildman–Crippen LogP) is 3.71. The average Bonchev–Trinajstić information content (AvgIpc) is 2.64. The zero-order valence-corrected chi connectivity index (χ0v) is 10.4. The van der Waals surface area contributed by atoms with Crippen LogP contribution in [0.1, 0.15) is 25.3 Å². The summed E-state index contributed by atoms with van der Waals surface area (Å²) in [6.45, 7) is 3.32. The van der Waals surface area contributed by atoms with E-state index in [0.717, 1.165) is 12.1 Å². The van der Waals surface area contributed by atoms with E-state index in [1.54, 1.807) is 12.1 Å². The summed E-state index contributed by atoms with van der Waals surface area (Å²) >= 11 is 3.42. The summed E-state index contributed by atoms with van der Waals surface area (Å²) in [4.78, 5) is 2.37. The Balaban J connectivity index is 2.34. The number of halogens is 2. The molecule has 1 nitrogen and oxygen atoms in total. The first kappa shape index (κ1) is 10.9. The molecule has 1 heterocycles. The molecule has 0 N–H and O–H groups in total. The van der Waals surface area contributed by atoms with Crippen LogP contribution in [0.4, 0.5) is 10.1 Å². The fourth-order valence-corrected chi connectivity index (χ4v) is 2.68. The third-order valence-electron chi connectivity index (χ3n) is 3.05. The molecule has 15 heavy (non-hydrogen) atoms. The maximum absolute atomic E-state index is 13.1. The molecule has 82 valence electrons. The highest BCUT2D eigenvalue weighted by Crippen LogP contribution is 2.30. The average molecular weight is 272 g/mol. The highest BCUT2D eigenvalue weighted by atomic mass is 79.9. The highest BCUT2D eigenvalue weighted by Gasteiger charge is 2.22. The zero-order chi connectivity index (χ0) is 10.8. The summed E-state index contributed by atoms with van der Waals surface area (Å²) in [6, 6.07) is 5.64. The third-order valence-corrected chi connectivity index (χ3v) is 3.65. The molecule has 0 aliphatic carbocycles. The van der Waals surface area contributed by atoms with E-state index in [1.165, 1.54) is 18.5 Å². The molecule has 1 atom stereocenters. The zero-order valence-electron chi connectivity index (χ0n) is 8.84. The normalized spacial score (nSPS) is 21.0. The first-order chi connectivity index (χ1) is 7.22. The Labute approximate surface area is 98.4 Å². The molecule has 0 aromatic heterocycles. The molecule has 0 radical (unpaired) electrons. The molecule has 1 fully saturated rings. The van der Waals surface area contributed by atoms with Crippen molar-refractivity contribution < 1.29 is 4.39 Å². The van der Waals surface area contributed by atoms with E-state index >= 15 is 0 Å². The number of nitrogens with zero attached hydrogens (tertiary/aromatic N) is 1. The van der Waals surface area contributed by atoms with Crippen molar-refractivity contribution in [3.63, 3.8) is 0 Å². The molecular formula is C12H15BrFN. The van der Waals surface area contributed by atoms with Crippen LogP contribution in [0.5, 0.6) is 0 Å². The van der Waals surface area contributed by atoms with E-state index in [1.807, 2.05) is 6.07 Å². The second kappa shape index (κ2) is 4.52. The van der Waals surface area contributed by atoms with Gasteiger partial charge in [-0.3, -0.25) is 0 Å². The van der Waals surface area contributed by atoms with Gasteiger partial charge in [-0.2, -0.15) is 0 Å². The van der Waals surface area contributed by atoms with E-state index in [0.29, 0.717) is 11.4 Å². The molecule has 1 aliphatic rings. The van der Waals surface area contributed by atoms with Crippen LogP contribution in [-0.2, 0) is 5.33 Å². The number of anilines is 1. The van der Waals surface area contributed by atoms with Crippen LogP contribution in [0.2, 0.25) is 0 Å². The maximum atomic E-state index is 13.1. The number of rotatable bonds is 2. The Morgan fingerprint density at radius 1 is 1.53 bits per heavy atom. The highest BCUT2D eigenvalue weighted by molar-refractivity contribution is 9.08. The van der Waals surface area contributed by atoms with Crippen LogP contribution < -0.4 is 4.90 Å². The lowest BCUT2D eigenvalue weighted by Gasteiger charge is -2.26. The molecule has 3 heteroatoms. The minimum Gasteiger partial charge on any atom is -0.369 e. The smallest absolute Gasteiger partial charge is 0.123 e. The number of hydrogen-bond donors (Lipinski definition) is 0. The molecule has 1 aromatic rings. The van der Waals surface area contributed by atoms with Gasteiger partial charge in [0.15, 0.2) is 0 Å². The van der Waals surface area contributed by atoms with Gasteiger partial charge in [-0.25, -0.2) is 4.39 Å². The van der Waals surface area contributed by atoms with Gasteiger partial charge in [0.25, 0.3) is 0 Å². The van der Waals surface area contributed by atoms with Crippen molar-refractivity contribution in [1.82, 2.24) is 0 Å². The van der Waals surface area contributed by atoms with Crippen LogP contribution in [0, 0.1) is 5.82 Å². The van der Waals surface area contributed by atoms with Gasteiger partial charge in [0.2, 0.25) is 0 Å². The molecule has 0 saturated carbocycles. The first-order valence-electron chi connectivity index (χ1n) is 5.33. The summed E-state index contributed by atoms with van der Waals surface area (Å²) < 4.78 is 13.1. The van der Waals surface area contributed by atoms with Crippen LogP contribution in [-0.4, -0.2) is 12.6 Å². The Morgan fingerprint density at radius 3 is 2.93 bits per heavy atom. The van der Waals surface area contributed by atoms with Crippen LogP contribution in [0.3, 0.4) is 0 Å².